The molecule has 6 nitrogen and oxygen atoms in total. The normalized spacial score (nSPS) is 11.4. The Morgan fingerprint density at radius 2 is 2.18 bits per heavy atom. The fourth-order valence-corrected chi connectivity index (χ4v) is 1.17. The first-order valence-electron chi connectivity index (χ1n) is 4.25. The molecule has 0 spiro atoms. The van der Waals surface area contributed by atoms with E-state index in [1.165, 1.54) is 6.92 Å². The molecule has 0 unspecified atom stereocenters. The van der Waals surface area contributed by atoms with Crippen LogP contribution in [0.1, 0.15) is 11.1 Å². The van der Waals surface area contributed by atoms with Crippen molar-refractivity contribution in [3.63, 3.8) is 0 Å². The number of ether oxygens (including phenoxy) is 1. The van der Waals surface area contributed by atoms with E-state index in [0.29, 0.717) is 0 Å². The Hall–Kier alpha value is -1.90. The third kappa shape index (κ3) is 3.03. The standard InChI is InChI=1S/C8H7F3N2O4/c1-4-5(3-14)2-12-7(6(4)13(15)16)17-8(9,10)11/h2,14H,3H2,1H3. The molecule has 9 heteroatoms. The molecule has 1 rings (SSSR count). The van der Waals surface area contributed by atoms with Crippen molar-refractivity contribution < 1.29 is 27.9 Å². The molecule has 0 aromatic carbocycles. The second-order valence-corrected chi connectivity index (χ2v) is 3.03. The second-order valence-electron chi connectivity index (χ2n) is 3.03. The Morgan fingerprint density at radius 3 is 2.59 bits per heavy atom. The number of aromatic nitrogens is 1. The molecule has 0 aliphatic rings. The minimum Gasteiger partial charge on any atom is -0.392 e. The highest BCUT2D eigenvalue weighted by molar-refractivity contribution is 5.51. The van der Waals surface area contributed by atoms with Crippen LogP contribution in [-0.4, -0.2) is 21.4 Å². The van der Waals surface area contributed by atoms with E-state index < -0.39 is 29.5 Å². The van der Waals surface area contributed by atoms with Crippen LogP contribution in [0.25, 0.3) is 0 Å². The van der Waals surface area contributed by atoms with E-state index in [2.05, 4.69) is 9.72 Å². The molecule has 0 radical (unpaired) electrons. The van der Waals surface area contributed by atoms with E-state index in [0.717, 1.165) is 6.20 Å². The van der Waals surface area contributed by atoms with Gasteiger partial charge in [0.25, 0.3) is 0 Å². The summed E-state index contributed by atoms with van der Waals surface area (Å²) in [4.78, 5) is 12.8. The molecule has 0 fully saturated rings. The minimum absolute atomic E-state index is 0.0613. The van der Waals surface area contributed by atoms with Crippen molar-refractivity contribution in [1.29, 1.82) is 0 Å². The van der Waals surface area contributed by atoms with Crippen LogP contribution in [0, 0.1) is 17.0 Å². The van der Waals surface area contributed by atoms with Gasteiger partial charge in [-0.2, -0.15) is 0 Å². The highest BCUT2D eigenvalue weighted by Crippen LogP contribution is 2.33. The molecular formula is C8H7F3N2O4. The SMILES string of the molecule is Cc1c(CO)cnc(OC(F)(F)F)c1[N+](=O)[O-]. The van der Waals surface area contributed by atoms with Crippen molar-refractivity contribution in [2.45, 2.75) is 19.9 Å². The van der Waals surface area contributed by atoms with Crippen molar-refractivity contribution in [2.75, 3.05) is 0 Å². The lowest BCUT2D eigenvalue weighted by Crippen LogP contribution is -2.19. The number of hydrogen-bond donors (Lipinski definition) is 1. The molecule has 0 saturated carbocycles. The van der Waals surface area contributed by atoms with Crippen molar-refractivity contribution in [2.24, 2.45) is 0 Å². The Balaban J connectivity index is 3.32. The largest absolute Gasteiger partial charge is 0.574 e. The summed E-state index contributed by atoms with van der Waals surface area (Å²) in [6, 6.07) is 0. The molecule has 0 amide bonds. The number of pyridine rings is 1. The van der Waals surface area contributed by atoms with Gasteiger partial charge in [-0.25, -0.2) is 4.98 Å². The maximum atomic E-state index is 12.0. The lowest BCUT2D eigenvalue weighted by molar-refractivity contribution is -0.389. The first kappa shape index (κ1) is 13.2. The van der Waals surface area contributed by atoms with Gasteiger partial charge in [-0.15, -0.1) is 13.2 Å². The predicted octanol–water partition coefficient (Wildman–Crippen LogP) is 1.69. The number of rotatable bonds is 3. The van der Waals surface area contributed by atoms with Crippen molar-refractivity contribution in [1.82, 2.24) is 4.98 Å². The van der Waals surface area contributed by atoms with Gasteiger partial charge in [-0.3, -0.25) is 10.1 Å². The Labute approximate surface area is 92.8 Å². The summed E-state index contributed by atoms with van der Waals surface area (Å²) in [5.74, 6) is -1.14. The fourth-order valence-electron chi connectivity index (χ4n) is 1.17. The van der Waals surface area contributed by atoms with Gasteiger partial charge in [0.2, 0.25) is 0 Å². The molecule has 1 aromatic rings. The van der Waals surface area contributed by atoms with Crippen LogP contribution < -0.4 is 4.74 Å². The number of alkyl halides is 3. The molecule has 0 aliphatic heterocycles. The van der Waals surface area contributed by atoms with Crippen molar-refractivity contribution >= 4 is 5.69 Å². The van der Waals surface area contributed by atoms with Crippen LogP contribution in [0.2, 0.25) is 0 Å². The Bertz CT molecular complexity index is 447. The Morgan fingerprint density at radius 1 is 1.59 bits per heavy atom. The highest BCUT2D eigenvalue weighted by atomic mass is 19.4. The van der Waals surface area contributed by atoms with Gasteiger partial charge in [0.15, 0.2) is 0 Å². The lowest BCUT2D eigenvalue weighted by Gasteiger charge is -2.10. The van der Waals surface area contributed by atoms with Crippen LogP contribution in [0.4, 0.5) is 18.9 Å². The van der Waals surface area contributed by atoms with Crippen LogP contribution >= 0.6 is 0 Å². The molecule has 0 bridgehead atoms. The van der Waals surface area contributed by atoms with Gasteiger partial charge < -0.3 is 9.84 Å². The molecule has 1 N–H and O–H groups in total. The van der Waals surface area contributed by atoms with Gasteiger partial charge in [0.05, 0.1) is 11.5 Å². The van der Waals surface area contributed by atoms with Gasteiger partial charge in [-0.05, 0) is 6.92 Å². The van der Waals surface area contributed by atoms with E-state index in [1.54, 1.807) is 0 Å². The second kappa shape index (κ2) is 4.53. The number of aliphatic hydroxyl groups excluding tert-OH is 1. The van der Waals surface area contributed by atoms with Gasteiger partial charge in [-0.1, -0.05) is 0 Å². The lowest BCUT2D eigenvalue weighted by atomic mass is 10.1. The first-order chi connectivity index (χ1) is 7.76. The maximum absolute atomic E-state index is 12.0. The molecule has 94 valence electrons. The monoisotopic (exact) mass is 252 g/mol. The molecule has 1 heterocycles. The number of nitrogens with zero attached hydrogens (tertiary/aromatic N) is 2. The summed E-state index contributed by atoms with van der Waals surface area (Å²) in [5.41, 5.74) is -0.966. The summed E-state index contributed by atoms with van der Waals surface area (Å²) in [5, 5.41) is 19.5. The molecule has 1 aromatic heterocycles. The number of nitro groups is 1. The summed E-state index contributed by atoms with van der Waals surface area (Å²) in [6.07, 6.45) is -4.17. The predicted molar refractivity (Wildman–Crippen MR) is 48.2 cm³/mol. The van der Waals surface area contributed by atoms with Crippen LogP contribution in [0.5, 0.6) is 5.88 Å². The highest BCUT2D eigenvalue weighted by Gasteiger charge is 2.36. The van der Waals surface area contributed by atoms with E-state index in [1.807, 2.05) is 0 Å². The maximum Gasteiger partial charge on any atom is 0.574 e. The van der Waals surface area contributed by atoms with Crippen molar-refractivity contribution in [3.05, 3.63) is 27.4 Å². The first-order valence-corrected chi connectivity index (χ1v) is 4.25. The number of aliphatic hydroxyl groups is 1. The smallest absolute Gasteiger partial charge is 0.392 e. The van der Waals surface area contributed by atoms with Gasteiger partial charge >= 0.3 is 17.9 Å². The molecule has 0 atom stereocenters. The molecular weight excluding hydrogens is 245 g/mol. The fraction of sp³-hybridized carbons (Fsp3) is 0.375. The zero-order valence-electron chi connectivity index (χ0n) is 8.48. The van der Waals surface area contributed by atoms with E-state index >= 15 is 0 Å². The van der Waals surface area contributed by atoms with Crippen LogP contribution in [0.3, 0.4) is 0 Å². The van der Waals surface area contributed by atoms with Gasteiger partial charge in [0, 0.05) is 17.3 Å². The average Bonchev–Trinajstić information content (AvgIpc) is 2.14. The van der Waals surface area contributed by atoms with Gasteiger partial charge in [0.1, 0.15) is 0 Å². The third-order valence-electron chi connectivity index (χ3n) is 1.94. The zero-order chi connectivity index (χ0) is 13.2. The van der Waals surface area contributed by atoms with Crippen LogP contribution in [-0.2, 0) is 6.61 Å². The average molecular weight is 252 g/mol. The minimum atomic E-state index is -5.06. The topological polar surface area (TPSA) is 85.5 Å². The molecule has 0 aliphatic carbocycles. The summed E-state index contributed by atoms with van der Waals surface area (Å²) in [7, 11) is 0. The summed E-state index contributed by atoms with van der Waals surface area (Å²) >= 11 is 0. The summed E-state index contributed by atoms with van der Waals surface area (Å²) in [6.45, 7) is 0.639. The van der Waals surface area contributed by atoms with E-state index in [4.69, 9.17) is 5.11 Å². The number of hydrogen-bond acceptors (Lipinski definition) is 5. The number of halogens is 3. The molecule has 17 heavy (non-hydrogen) atoms. The Kier molecular flexibility index (Phi) is 3.51. The van der Waals surface area contributed by atoms with E-state index in [-0.39, 0.29) is 11.1 Å². The molecule has 0 saturated heterocycles. The van der Waals surface area contributed by atoms with Crippen molar-refractivity contribution in [3.8, 4) is 5.88 Å². The summed E-state index contributed by atoms with van der Waals surface area (Å²) < 4.78 is 39.3. The quantitative estimate of drug-likeness (QED) is 0.653. The van der Waals surface area contributed by atoms with E-state index in [9.17, 15) is 23.3 Å². The third-order valence-corrected chi connectivity index (χ3v) is 1.94. The van der Waals surface area contributed by atoms with Crippen LogP contribution in [0.15, 0.2) is 6.20 Å². The zero-order valence-corrected chi connectivity index (χ0v) is 8.48.